The summed E-state index contributed by atoms with van der Waals surface area (Å²) in [7, 11) is 3.02. The van der Waals surface area contributed by atoms with Gasteiger partial charge in [-0.05, 0) is 54.1 Å². The molecule has 0 aliphatic heterocycles. The predicted octanol–water partition coefficient (Wildman–Crippen LogP) is 4.33. The van der Waals surface area contributed by atoms with Crippen molar-refractivity contribution in [2.75, 3.05) is 14.2 Å². The lowest BCUT2D eigenvalue weighted by molar-refractivity contribution is 0.0600. The maximum Gasteiger partial charge on any atom is 0.337 e. The smallest absolute Gasteiger partial charge is 0.337 e. The Morgan fingerprint density at radius 1 is 0.917 bits per heavy atom. The van der Waals surface area contributed by atoms with Crippen LogP contribution in [0.4, 0.5) is 0 Å². The Kier molecular flexibility index (Phi) is 4.66. The molecule has 0 radical (unpaired) electrons. The Hall–Kier alpha value is -3.01. The number of ether oxygens (including phenoxy) is 2. The number of esters is 1. The minimum Gasteiger partial charge on any atom is -0.497 e. The second-order valence-electron chi connectivity index (χ2n) is 5.36. The molecule has 0 saturated heterocycles. The van der Waals surface area contributed by atoms with Gasteiger partial charge in [-0.25, -0.2) is 4.79 Å². The van der Waals surface area contributed by atoms with Crippen molar-refractivity contribution in [2.24, 2.45) is 0 Å². The summed E-state index contributed by atoms with van der Waals surface area (Å²) >= 11 is 0. The fourth-order valence-corrected chi connectivity index (χ4v) is 2.46. The molecule has 3 rings (SSSR count). The highest BCUT2D eigenvalue weighted by Gasteiger charge is 2.08. The fraction of sp³-hybridized carbons (Fsp3) is 0.150. The number of carbonyl (C=O) groups excluding carboxylic acids is 1. The average molecular weight is 322 g/mol. The van der Waals surface area contributed by atoms with Crippen molar-refractivity contribution in [3.05, 3.63) is 77.6 Å². The zero-order valence-electron chi connectivity index (χ0n) is 13.6. The average Bonchev–Trinajstić information content (AvgIpc) is 3.10. The lowest BCUT2D eigenvalue weighted by atomic mass is 10.1. The van der Waals surface area contributed by atoms with Gasteiger partial charge in [-0.3, -0.25) is 0 Å². The minimum absolute atomic E-state index is 0.332. The van der Waals surface area contributed by atoms with E-state index in [0.717, 1.165) is 28.4 Å². The highest BCUT2D eigenvalue weighted by atomic mass is 16.5. The van der Waals surface area contributed by atoms with Crippen LogP contribution >= 0.6 is 0 Å². The van der Waals surface area contributed by atoms with Crippen molar-refractivity contribution in [3.8, 4) is 17.1 Å². The van der Waals surface area contributed by atoms with E-state index in [-0.39, 0.29) is 5.97 Å². The molecule has 0 spiro atoms. The summed E-state index contributed by atoms with van der Waals surface area (Å²) < 4.78 is 15.8. The second kappa shape index (κ2) is 7.04. The van der Waals surface area contributed by atoms with E-state index in [1.165, 1.54) is 7.11 Å². The summed E-state index contributed by atoms with van der Waals surface area (Å²) in [5, 5.41) is 0. The monoisotopic (exact) mass is 322 g/mol. The van der Waals surface area contributed by atoms with E-state index in [4.69, 9.17) is 13.9 Å². The summed E-state index contributed by atoms with van der Waals surface area (Å²) in [6.07, 6.45) is 0.664. The van der Waals surface area contributed by atoms with Crippen LogP contribution in [0.2, 0.25) is 0 Å². The summed E-state index contributed by atoms with van der Waals surface area (Å²) in [6.45, 7) is 0. The molecular formula is C20H18O4. The lowest BCUT2D eigenvalue weighted by Crippen LogP contribution is -2.00. The molecule has 1 heterocycles. The highest BCUT2D eigenvalue weighted by Crippen LogP contribution is 2.25. The van der Waals surface area contributed by atoms with Gasteiger partial charge in [0.05, 0.1) is 19.8 Å². The maximum absolute atomic E-state index is 11.4. The normalized spacial score (nSPS) is 10.4. The molecule has 4 nitrogen and oxygen atoms in total. The first kappa shape index (κ1) is 15.9. The molecule has 0 bridgehead atoms. The van der Waals surface area contributed by atoms with E-state index in [9.17, 15) is 4.79 Å². The van der Waals surface area contributed by atoms with E-state index in [2.05, 4.69) is 0 Å². The van der Waals surface area contributed by atoms with Gasteiger partial charge in [0.25, 0.3) is 0 Å². The van der Waals surface area contributed by atoms with Crippen molar-refractivity contribution in [1.29, 1.82) is 0 Å². The number of hydrogen-bond donors (Lipinski definition) is 0. The molecule has 3 aromatic rings. The molecule has 122 valence electrons. The Balaban J connectivity index is 1.72. The number of carbonyl (C=O) groups is 1. The van der Waals surface area contributed by atoms with E-state index >= 15 is 0 Å². The number of benzene rings is 2. The first-order chi connectivity index (χ1) is 11.7. The van der Waals surface area contributed by atoms with Crippen LogP contribution in [-0.4, -0.2) is 20.2 Å². The van der Waals surface area contributed by atoms with Gasteiger partial charge >= 0.3 is 5.97 Å². The molecule has 4 heteroatoms. The van der Waals surface area contributed by atoms with Crippen molar-refractivity contribution in [1.82, 2.24) is 0 Å². The molecule has 0 N–H and O–H groups in total. The first-order valence-corrected chi connectivity index (χ1v) is 7.60. The van der Waals surface area contributed by atoms with Crippen molar-refractivity contribution < 1.29 is 18.7 Å². The third kappa shape index (κ3) is 3.49. The van der Waals surface area contributed by atoms with Crippen LogP contribution in [0.15, 0.2) is 65.1 Å². The van der Waals surface area contributed by atoms with Crippen LogP contribution in [0.25, 0.3) is 11.3 Å². The number of hydrogen-bond acceptors (Lipinski definition) is 4. The van der Waals surface area contributed by atoms with Gasteiger partial charge in [0.15, 0.2) is 0 Å². The van der Waals surface area contributed by atoms with Gasteiger partial charge in [0.1, 0.15) is 17.3 Å². The second-order valence-corrected chi connectivity index (χ2v) is 5.36. The van der Waals surface area contributed by atoms with E-state index in [1.54, 1.807) is 19.2 Å². The molecule has 0 unspecified atom stereocenters. The van der Waals surface area contributed by atoms with Crippen molar-refractivity contribution in [2.45, 2.75) is 6.42 Å². The fourth-order valence-electron chi connectivity index (χ4n) is 2.46. The number of rotatable bonds is 5. The van der Waals surface area contributed by atoms with Crippen LogP contribution in [0, 0.1) is 0 Å². The standard InChI is InChI=1S/C20H18O4/c1-22-17-9-7-15(8-10-17)19-12-11-18(24-19)13-14-3-5-16(6-4-14)20(21)23-2/h3-12H,13H2,1-2H3. The molecule has 24 heavy (non-hydrogen) atoms. The van der Waals surface area contributed by atoms with Crippen LogP contribution < -0.4 is 4.74 Å². The molecule has 0 fully saturated rings. The first-order valence-electron chi connectivity index (χ1n) is 7.60. The van der Waals surface area contributed by atoms with Gasteiger partial charge in [0.2, 0.25) is 0 Å². The topological polar surface area (TPSA) is 48.7 Å². The van der Waals surface area contributed by atoms with Gasteiger partial charge < -0.3 is 13.9 Å². The molecule has 0 atom stereocenters. The predicted molar refractivity (Wildman–Crippen MR) is 91.3 cm³/mol. The van der Waals surface area contributed by atoms with Crippen LogP contribution in [0.5, 0.6) is 5.75 Å². The third-order valence-electron chi connectivity index (χ3n) is 3.79. The Morgan fingerprint density at radius 3 is 2.25 bits per heavy atom. The van der Waals surface area contributed by atoms with Gasteiger partial charge in [-0.1, -0.05) is 12.1 Å². The summed E-state index contributed by atoms with van der Waals surface area (Å²) in [4.78, 5) is 11.4. The van der Waals surface area contributed by atoms with Crippen molar-refractivity contribution in [3.63, 3.8) is 0 Å². The highest BCUT2D eigenvalue weighted by molar-refractivity contribution is 5.89. The number of furan rings is 1. The molecular weight excluding hydrogens is 304 g/mol. The zero-order valence-corrected chi connectivity index (χ0v) is 13.6. The lowest BCUT2D eigenvalue weighted by Gasteiger charge is -2.02. The van der Waals surface area contributed by atoms with Gasteiger partial charge in [0, 0.05) is 12.0 Å². The Morgan fingerprint density at radius 2 is 1.62 bits per heavy atom. The van der Waals surface area contributed by atoms with Gasteiger partial charge in [-0.2, -0.15) is 0 Å². The molecule has 1 aromatic heterocycles. The zero-order chi connectivity index (χ0) is 16.9. The van der Waals surface area contributed by atoms with Crippen molar-refractivity contribution >= 4 is 5.97 Å². The summed E-state index contributed by atoms with van der Waals surface area (Å²) in [5.41, 5.74) is 2.61. The molecule has 0 amide bonds. The minimum atomic E-state index is -0.332. The molecule has 0 aliphatic carbocycles. The van der Waals surface area contributed by atoms with E-state index in [0.29, 0.717) is 12.0 Å². The van der Waals surface area contributed by atoms with E-state index < -0.39 is 0 Å². The van der Waals surface area contributed by atoms with Crippen LogP contribution in [0.1, 0.15) is 21.7 Å². The Bertz CT molecular complexity index is 814. The quantitative estimate of drug-likeness (QED) is 0.656. The Labute approximate surface area is 140 Å². The summed E-state index contributed by atoms with van der Waals surface area (Å²) in [5.74, 6) is 2.17. The summed E-state index contributed by atoms with van der Waals surface area (Å²) in [6, 6.07) is 19.0. The maximum atomic E-state index is 11.4. The molecule has 0 saturated carbocycles. The SMILES string of the molecule is COC(=O)c1ccc(Cc2ccc(-c3ccc(OC)cc3)o2)cc1. The third-order valence-corrected chi connectivity index (χ3v) is 3.79. The van der Waals surface area contributed by atoms with Crippen LogP contribution in [-0.2, 0) is 11.2 Å². The largest absolute Gasteiger partial charge is 0.497 e. The van der Waals surface area contributed by atoms with E-state index in [1.807, 2.05) is 48.5 Å². The number of methoxy groups -OCH3 is 2. The van der Waals surface area contributed by atoms with Gasteiger partial charge in [-0.15, -0.1) is 0 Å². The molecule has 0 aliphatic rings. The molecule has 2 aromatic carbocycles. The van der Waals surface area contributed by atoms with Crippen LogP contribution in [0.3, 0.4) is 0 Å².